The molecular formula is C12H11FN2. The molecule has 0 aliphatic heterocycles. The predicted molar refractivity (Wildman–Crippen MR) is 57.5 cm³/mol. The van der Waals surface area contributed by atoms with Crippen LogP contribution in [0.2, 0.25) is 0 Å². The van der Waals surface area contributed by atoms with Crippen molar-refractivity contribution in [2.75, 3.05) is 0 Å². The first kappa shape index (κ1) is 9.80. The molecule has 1 aromatic carbocycles. The quantitative estimate of drug-likeness (QED) is 0.811. The van der Waals surface area contributed by atoms with Gasteiger partial charge in [0, 0.05) is 18.3 Å². The van der Waals surface area contributed by atoms with Crippen LogP contribution in [0.1, 0.15) is 5.56 Å². The monoisotopic (exact) mass is 202 g/mol. The third-order valence-corrected chi connectivity index (χ3v) is 2.23. The number of nitrogens with zero attached hydrogens (tertiary/aromatic N) is 1. The van der Waals surface area contributed by atoms with E-state index in [4.69, 9.17) is 5.73 Å². The van der Waals surface area contributed by atoms with E-state index in [2.05, 4.69) is 4.98 Å². The van der Waals surface area contributed by atoms with Gasteiger partial charge in [-0.15, -0.1) is 0 Å². The van der Waals surface area contributed by atoms with E-state index in [0.717, 1.165) is 16.8 Å². The lowest BCUT2D eigenvalue weighted by Crippen LogP contribution is -2.00. The van der Waals surface area contributed by atoms with Crippen molar-refractivity contribution < 1.29 is 4.39 Å². The number of rotatable bonds is 2. The Kier molecular flexibility index (Phi) is 2.74. The van der Waals surface area contributed by atoms with Crippen molar-refractivity contribution >= 4 is 0 Å². The molecule has 0 unspecified atom stereocenters. The van der Waals surface area contributed by atoms with Crippen molar-refractivity contribution in [2.45, 2.75) is 6.54 Å². The van der Waals surface area contributed by atoms with Gasteiger partial charge in [-0.2, -0.15) is 0 Å². The molecule has 0 amide bonds. The van der Waals surface area contributed by atoms with E-state index in [-0.39, 0.29) is 5.82 Å². The summed E-state index contributed by atoms with van der Waals surface area (Å²) < 4.78 is 13.1. The Bertz CT molecular complexity index is 454. The van der Waals surface area contributed by atoms with E-state index in [1.807, 2.05) is 18.2 Å². The van der Waals surface area contributed by atoms with E-state index in [1.165, 1.54) is 12.1 Å². The first-order chi connectivity index (χ1) is 7.31. The molecule has 0 radical (unpaired) electrons. The molecule has 1 aromatic heterocycles. The average Bonchev–Trinajstić information content (AvgIpc) is 2.30. The summed E-state index contributed by atoms with van der Waals surface area (Å²) >= 11 is 0. The van der Waals surface area contributed by atoms with Crippen molar-refractivity contribution in [2.24, 2.45) is 5.73 Å². The Morgan fingerprint density at radius 2 is 2.07 bits per heavy atom. The van der Waals surface area contributed by atoms with Gasteiger partial charge in [0.25, 0.3) is 0 Å². The van der Waals surface area contributed by atoms with Gasteiger partial charge in [-0.1, -0.05) is 12.1 Å². The lowest BCUT2D eigenvalue weighted by atomic mass is 10.0. The molecule has 2 nitrogen and oxygen atoms in total. The second-order valence-corrected chi connectivity index (χ2v) is 3.22. The van der Waals surface area contributed by atoms with E-state index in [9.17, 15) is 4.39 Å². The van der Waals surface area contributed by atoms with Crippen LogP contribution in [-0.4, -0.2) is 4.98 Å². The molecule has 2 N–H and O–H groups in total. The highest BCUT2D eigenvalue weighted by Gasteiger charge is 2.05. The van der Waals surface area contributed by atoms with E-state index < -0.39 is 0 Å². The van der Waals surface area contributed by atoms with Gasteiger partial charge in [0.2, 0.25) is 0 Å². The number of aromatic nitrogens is 1. The van der Waals surface area contributed by atoms with Gasteiger partial charge >= 0.3 is 0 Å². The molecule has 3 heteroatoms. The molecule has 0 spiro atoms. The van der Waals surface area contributed by atoms with Gasteiger partial charge in [0.05, 0.1) is 5.69 Å². The summed E-state index contributed by atoms with van der Waals surface area (Å²) in [6.45, 7) is 0.381. The zero-order valence-electron chi connectivity index (χ0n) is 8.15. The number of hydrogen-bond donors (Lipinski definition) is 1. The van der Waals surface area contributed by atoms with E-state index >= 15 is 0 Å². The topological polar surface area (TPSA) is 38.9 Å². The maximum atomic E-state index is 13.1. The van der Waals surface area contributed by atoms with Crippen LogP contribution in [-0.2, 0) is 6.54 Å². The summed E-state index contributed by atoms with van der Waals surface area (Å²) in [5, 5.41) is 0. The van der Waals surface area contributed by atoms with Crippen LogP contribution >= 0.6 is 0 Å². The molecule has 0 bridgehead atoms. The summed E-state index contributed by atoms with van der Waals surface area (Å²) in [6, 6.07) is 10.1. The fourth-order valence-electron chi connectivity index (χ4n) is 1.49. The second kappa shape index (κ2) is 4.19. The third-order valence-electron chi connectivity index (χ3n) is 2.23. The fraction of sp³-hybridized carbons (Fsp3) is 0.0833. The normalized spacial score (nSPS) is 10.3. The average molecular weight is 202 g/mol. The van der Waals surface area contributed by atoms with Crippen LogP contribution in [0.5, 0.6) is 0 Å². The van der Waals surface area contributed by atoms with Crippen LogP contribution in [0.4, 0.5) is 4.39 Å². The largest absolute Gasteiger partial charge is 0.326 e. The van der Waals surface area contributed by atoms with Gasteiger partial charge in [0.15, 0.2) is 0 Å². The molecule has 15 heavy (non-hydrogen) atoms. The zero-order valence-corrected chi connectivity index (χ0v) is 8.15. The van der Waals surface area contributed by atoms with Gasteiger partial charge in [-0.05, 0) is 29.8 Å². The maximum Gasteiger partial charge on any atom is 0.123 e. The van der Waals surface area contributed by atoms with Crippen LogP contribution in [0.3, 0.4) is 0 Å². The van der Waals surface area contributed by atoms with Crippen molar-refractivity contribution in [1.82, 2.24) is 4.98 Å². The van der Waals surface area contributed by atoms with Crippen molar-refractivity contribution in [1.29, 1.82) is 0 Å². The minimum absolute atomic E-state index is 0.271. The zero-order chi connectivity index (χ0) is 10.7. The number of pyridine rings is 1. The fourth-order valence-corrected chi connectivity index (χ4v) is 1.49. The Morgan fingerprint density at radius 1 is 1.20 bits per heavy atom. The van der Waals surface area contributed by atoms with Gasteiger partial charge in [-0.25, -0.2) is 4.39 Å². The van der Waals surface area contributed by atoms with Crippen LogP contribution in [0.25, 0.3) is 11.3 Å². The Balaban J connectivity index is 2.56. The summed E-state index contributed by atoms with van der Waals surface area (Å²) in [5.74, 6) is -0.271. The molecule has 0 aliphatic rings. The Hall–Kier alpha value is -1.74. The highest BCUT2D eigenvalue weighted by molar-refractivity contribution is 5.63. The molecule has 2 aromatic rings. The standard InChI is InChI=1S/C12H11FN2/c13-10-5-4-9(8-14)11(7-10)12-3-1-2-6-15-12/h1-7H,8,14H2. The Morgan fingerprint density at radius 3 is 2.73 bits per heavy atom. The summed E-state index contributed by atoms with van der Waals surface area (Å²) in [5.41, 5.74) is 8.00. The highest BCUT2D eigenvalue weighted by Crippen LogP contribution is 2.22. The van der Waals surface area contributed by atoms with Crippen LogP contribution in [0.15, 0.2) is 42.6 Å². The third kappa shape index (κ3) is 2.02. The second-order valence-electron chi connectivity index (χ2n) is 3.22. The number of halogens is 1. The number of benzene rings is 1. The highest BCUT2D eigenvalue weighted by atomic mass is 19.1. The molecule has 0 atom stereocenters. The van der Waals surface area contributed by atoms with Gasteiger partial charge in [-0.3, -0.25) is 4.98 Å². The van der Waals surface area contributed by atoms with E-state index in [1.54, 1.807) is 12.3 Å². The van der Waals surface area contributed by atoms with Gasteiger partial charge in [0.1, 0.15) is 5.82 Å². The van der Waals surface area contributed by atoms with Crippen LogP contribution < -0.4 is 5.73 Å². The molecular weight excluding hydrogens is 191 g/mol. The molecule has 0 fully saturated rings. The number of hydrogen-bond acceptors (Lipinski definition) is 2. The summed E-state index contributed by atoms with van der Waals surface area (Å²) in [6.07, 6.45) is 1.68. The number of nitrogens with two attached hydrogens (primary N) is 1. The van der Waals surface area contributed by atoms with Crippen molar-refractivity contribution in [3.8, 4) is 11.3 Å². The molecule has 0 saturated heterocycles. The van der Waals surface area contributed by atoms with E-state index in [0.29, 0.717) is 6.54 Å². The molecule has 76 valence electrons. The molecule has 1 heterocycles. The summed E-state index contributed by atoms with van der Waals surface area (Å²) in [7, 11) is 0. The molecule has 2 rings (SSSR count). The molecule has 0 aliphatic carbocycles. The maximum absolute atomic E-state index is 13.1. The van der Waals surface area contributed by atoms with Crippen molar-refractivity contribution in [3.63, 3.8) is 0 Å². The first-order valence-electron chi connectivity index (χ1n) is 4.71. The minimum atomic E-state index is -0.271. The smallest absolute Gasteiger partial charge is 0.123 e. The lowest BCUT2D eigenvalue weighted by Gasteiger charge is -2.06. The van der Waals surface area contributed by atoms with Crippen molar-refractivity contribution in [3.05, 3.63) is 54.0 Å². The lowest BCUT2D eigenvalue weighted by molar-refractivity contribution is 0.627. The predicted octanol–water partition coefficient (Wildman–Crippen LogP) is 2.35. The summed E-state index contributed by atoms with van der Waals surface area (Å²) in [4.78, 5) is 4.18. The SMILES string of the molecule is NCc1ccc(F)cc1-c1ccccn1. The van der Waals surface area contributed by atoms with Crippen LogP contribution in [0, 0.1) is 5.82 Å². The van der Waals surface area contributed by atoms with Gasteiger partial charge < -0.3 is 5.73 Å². The minimum Gasteiger partial charge on any atom is -0.326 e. The Labute approximate surface area is 87.6 Å². The molecule has 0 saturated carbocycles. The first-order valence-corrected chi connectivity index (χ1v) is 4.71.